The van der Waals surface area contributed by atoms with Crippen molar-refractivity contribution in [1.82, 2.24) is 0 Å². The highest BCUT2D eigenvalue weighted by Crippen LogP contribution is 2.27. The maximum Gasteiger partial charge on any atom is 0.436 e. The van der Waals surface area contributed by atoms with Crippen molar-refractivity contribution in [1.29, 1.82) is 0 Å². The summed E-state index contributed by atoms with van der Waals surface area (Å²) in [5.41, 5.74) is 0.701. The minimum atomic E-state index is -0.722. The summed E-state index contributed by atoms with van der Waals surface area (Å²) in [5, 5.41) is 5.33. The fourth-order valence-electron chi connectivity index (χ4n) is 1.99. The first-order valence-electron chi connectivity index (χ1n) is 5.76. The second-order valence-electron chi connectivity index (χ2n) is 4.20. The van der Waals surface area contributed by atoms with Crippen molar-refractivity contribution < 1.29 is 18.7 Å². The molecule has 0 spiro atoms. The Labute approximate surface area is 113 Å². The number of anilines is 1. The normalized spacial score (nSPS) is 22.6. The van der Waals surface area contributed by atoms with Crippen LogP contribution in [0.4, 0.5) is 14.9 Å². The Bertz CT molecular complexity index is 564. The molecule has 1 fully saturated rings. The minimum Gasteiger partial charge on any atom is -0.436 e. The molecule has 3 rings (SSSR count). The number of halogens is 2. The van der Waals surface area contributed by atoms with E-state index < -0.39 is 18.0 Å². The van der Waals surface area contributed by atoms with Gasteiger partial charge in [0.05, 0.1) is 18.9 Å². The van der Waals surface area contributed by atoms with E-state index in [0.29, 0.717) is 25.3 Å². The molecule has 2 aliphatic rings. The van der Waals surface area contributed by atoms with E-state index in [1.165, 1.54) is 12.1 Å². The van der Waals surface area contributed by atoms with Crippen LogP contribution < -0.4 is 5.01 Å². The highest BCUT2D eigenvalue weighted by Gasteiger charge is 2.34. The molecule has 2 aliphatic heterocycles. The number of hydrogen-bond acceptors (Lipinski definition) is 4. The molecule has 0 aliphatic carbocycles. The van der Waals surface area contributed by atoms with E-state index in [1.54, 1.807) is 0 Å². The van der Waals surface area contributed by atoms with Gasteiger partial charge in [-0.25, -0.2) is 9.18 Å². The summed E-state index contributed by atoms with van der Waals surface area (Å²) in [5.74, 6) is -0.626. The van der Waals surface area contributed by atoms with Gasteiger partial charge in [0.15, 0.2) is 11.9 Å². The Morgan fingerprint density at radius 2 is 2.32 bits per heavy atom. The molecule has 0 N–H and O–H groups in total. The van der Waals surface area contributed by atoms with E-state index in [2.05, 4.69) is 5.10 Å². The van der Waals surface area contributed by atoms with E-state index in [9.17, 15) is 9.18 Å². The molecule has 1 aromatic carbocycles. The molecule has 1 amide bonds. The largest absolute Gasteiger partial charge is 0.436 e. The van der Waals surface area contributed by atoms with Gasteiger partial charge in [0.2, 0.25) is 0 Å². The van der Waals surface area contributed by atoms with Crippen molar-refractivity contribution in [2.45, 2.75) is 12.5 Å². The molecule has 1 saturated heterocycles. The van der Waals surface area contributed by atoms with E-state index in [0.717, 1.165) is 11.1 Å². The third kappa shape index (κ3) is 2.29. The smallest absolute Gasteiger partial charge is 0.436 e. The van der Waals surface area contributed by atoms with Crippen molar-refractivity contribution in [2.24, 2.45) is 5.10 Å². The molecular formula is C12H10ClFN2O3. The molecule has 1 atom stereocenters. The topological polar surface area (TPSA) is 51.1 Å². The van der Waals surface area contributed by atoms with E-state index in [1.807, 2.05) is 0 Å². The van der Waals surface area contributed by atoms with Crippen LogP contribution in [0.1, 0.15) is 6.42 Å². The number of rotatable bonds is 1. The SMILES string of the molecule is O=C1OC2COCCC2=NN1c1ccc(Cl)cc1F. The number of nitrogens with zero attached hydrogens (tertiary/aromatic N) is 2. The van der Waals surface area contributed by atoms with Gasteiger partial charge in [0.25, 0.3) is 0 Å². The first-order chi connectivity index (χ1) is 9.15. The number of hydrogen-bond donors (Lipinski definition) is 0. The van der Waals surface area contributed by atoms with Crippen LogP contribution in [-0.2, 0) is 9.47 Å². The minimum absolute atomic E-state index is 0.0202. The maximum absolute atomic E-state index is 13.8. The second kappa shape index (κ2) is 4.79. The van der Waals surface area contributed by atoms with Gasteiger partial charge in [0, 0.05) is 11.4 Å². The standard InChI is InChI=1S/C12H10ClFN2O3/c13-7-1-2-10(8(14)5-7)16-12(17)19-11-6-18-4-3-9(11)15-16/h1-2,5,11H,3-4,6H2. The van der Waals surface area contributed by atoms with Gasteiger partial charge >= 0.3 is 6.09 Å². The quantitative estimate of drug-likeness (QED) is 0.796. The molecule has 1 unspecified atom stereocenters. The zero-order valence-electron chi connectivity index (χ0n) is 9.81. The molecule has 0 radical (unpaired) electrons. The molecule has 0 aromatic heterocycles. The number of benzene rings is 1. The summed E-state index contributed by atoms with van der Waals surface area (Å²) < 4.78 is 24.2. The van der Waals surface area contributed by atoms with Gasteiger partial charge < -0.3 is 9.47 Å². The summed E-state index contributed by atoms with van der Waals surface area (Å²) in [6, 6.07) is 4.01. The van der Waals surface area contributed by atoms with Gasteiger partial charge in [-0.2, -0.15) is 10.1 Å². The first kappa shape index (κ1) is 12.4. The molecule has 0 bridgehead atoms. The fraction of sp³-hybridized carbons (Fsp3) is 0.333. The van der Waals surface area contributed by atoms with Gasteiger partial charge in [-0.1, -0.05) is 11.6 Å². The van der Waals surface area contributed by atoms with Gasteiger partial charge in [-0.05, 0) is 18.2 Å². The van der Waals surface area contributed by atoms with Crippen LogP contribution in [0.5, 0.6) is 0 Å². The number of ether oxygens (including phenoxy) is 2. The van der Waals surface area contributed by atoms with Crippen molar-refractivity contribution in [2.75, 3.05) is 18.2 Å². The Morgan fingerprint density at radius 3 is 3.11 bits per heavy atom. The highest BCUT2D eigenvalue weighted by atomic mass is 35.5. The van der Waals surface area contributed by atoms with E-state index >= 15 is 0 Å². The summed E-state index contributed by atoms with van der Waals surface area (Å²) >= 11 is 5.68. The summed E-state index contributed by atoms with van der Waals surface area (Å²) in [4.78, 5) is 11.8. The average molecular weight is 285 g/mol. The third-order valence-electron chi connectivity index (χ3n) is 2.93. The van der Waals surface area contributed by atoms with E-state index in [4.69, 9.17) is 21.1 Å². The predicted molar refractivity (Wildman–Crippen MR) is 67.0 cm³/mol. The number of carbonyl (C=O) groups is 1. The highest BCUT2D eigenvalue weighted by molar-refractivity contribution is 6.30. The van der Waals surface area contributed by atoms with Crippen molar-refractivity contribution in [3.8, 4) is 0 Å². The number of amides is 1. The number of carbonyl (C=O) groups excluding carboxylic acids is 1. The Hall–Kier alpha value is -1.66. The van der Waals surface area contributed by atoms with Gasteiger partial charge in [0.1, 0.15) is 5.69 Å². The lowest BCUT2D eigenvalue weighted by molar-refractivity contribution is 0.0338. The number of hydrazone groups is 1. The molecule has 0 saturated carbocycles. The van der Waals surface area contributed by atoms with Crippen molar-refractivity contribution in [3.63, 3.8) is 0 Å². The van der Waals surface area contributed by atoms with E-state index in [-0.39, 0.29) is 10.7 Å². The predicted octanol–water partition coefficient (Wildman–Crippen LogP) is 2.58. The summed E-state index contributed by atoms with van der Waals surface area (Å²) in [6.07, 6.45) is -0.628. The average Bonchev–Trinajstić information content (AvgIpc) is 2.38. The van der Waals surface area contributed by atoms with Crippen molar-refractivity contribution >= 4 is 29.1 Å². The third-order valence-corrected chi connectivity index (χ3v) is 3.16. The lowest BCUT2D eigenvalue weighted by Crippen LogP contribution is -2.46. The monoisotopic (exact) mass is 284 g/mol. The molecular weight excluding hydrogens is 275 g/mol. The van der Waals surface area contributed by atoms with Gasteiger partial charge in [-0.3, -0.25) is 0 Å². The zero-order chi connectivity index (χ0) is 13.4. The number of fused-ring (bicyclic) bond motifs is 1. The maximum atomic E-state index is 13.8. The van der Waals surface area contributed by atoms with Gasteiger partial charge in [-0.15, -0.1) is 0 Å². The van der Waals surface area contributed by atoms with Crippen LogP contribution >= 0.6 is 11.6 Å². The Morgan fingerprint density at radius 1 is 1.47 bits per heavy atom. The van der Waals surface area contributed by atoms with Crippen LogP contribution in [0.3, 0.4) is 0 Å². The molecule has 7 heteroatoms. The zero-order valence-corrected chi connectivity index (χ0v) is 10.6. The lowest BCUT2D eigenvalue weighted by Gasteiger charge is -2.32. The van der Waals surface area contributed by atoms with Crippen LogP contribution in [0, 0.1) is 5.82 Å². The molecule has 5 nitrogen and oxygen atoms in total. The summed E-state index contributed by atoms with van der Waals surface area (Å²) in [6.45, 7) is 0.811. The molecule has 1 aromatic rings. The lowest BCUT2D eigenvalue weighted by atomic mass is 10.1. The molecule has 2 heterocycles. The summed E-state index contributed by atoms with van der Waals surface area (Å²) in [7, 11) is 0. The van der Waals surface area contributed by atoms with Crippen LogP contribution in [0.25, 0.3) is 0 Å². The van der Waals surface area contributed by atoms with Crippen LogP contribution in [-0.4, -0.2) is 31.1 Å². The second-order valence-corrected chi connectivity index (χ2v) is 4.63. The molecule has 100 valence electrons. The molecule has 19 heavy (non-hydrogen) atoms. The van der Waals surface area contributed by atoms with Crippen molar-refractivity contribution in [3.05, 3.63) is 29.0 Å². The first-order valence-corrected chi connectivity index (χ1v) is 6.14. The van der Waals surface area contributed by atoms with Crippen LogP contribution in [0.2, 0.25) is 5.02 Å². The van der Waals surface area contributed by atoms with Crippen LogP contribution in [0.15, 0.2) is 23.3 Å². The Balaban J connectivity index is 1.97. The Kier molecular flexibility index (Phi) is 3.12. The fourth-order valence-corrected chi connectivity index (χ4v) is 2.15.